The highest BCUT2D eigenvalue weighted by molar-refractivity contribution is 5.82. The van der Waals surface area contributed by atoms with Gasteiger partial charge in [0.2, 0.25) is 11.8 Å². The Bertz CT molecular complexity index is 1260. The minimum Gasteiger partial charge on any atom is -0.508 e. The van der Waals surface area contributed by atoms with Gasteiger partial charge in [0.05, 0.1) is 36.6 Å². The first-order valence-corrected chi connectivity index (χ1v) is 11.3. The number of phenols is 2. The van der Waals surface area contributed by atoms with Crippen LogP contribution in [-0.4, -0.2) is 44.1 Å². The molecule has 2 atom stereocenters. The maximum atomic E-state index is 12.5. The summed E-state index contributed by atoms with van der Waals surface area (Å²) in [6.45, 7) is 1.60. The second-order valence-corrected chi connectivity index (χ2v) is 8.47. The van der Waals surface area contributed by atoms with Crippen molar-refractivity contribution in [2.75, 3.05) is 0 Å². The summed E-state index contributed by atoms with van der Waals surface area (Å²) in [7, 11) is 0. The first-order chi connectivity index (χ1) is 17.1. The Balaban J connectivity index is 1.52. The first kappa shape index (κ1) is 26.4. The Morgan fingerprint density at radius 1 is 0.861 bits per heavy atom. The smallest absolute Gasteiger partial charge is 0.271 e. The molecule has 2 aromatic carbocycles. The lowest BCUT2D eigenvalue weighted by atomic mass is 10.1. The number of phenolic OH excluding ortho intramolecular Hbond substituents is 2. The number of rotatable bonds is 10. The van der Waals surface area contributed by atoms with E-state index in [1.165, 1.54) is 24.3 Å². The lowest BCUT2D eigenvalue weighted by molar-refractivity contribution is -0.123. The van der Waals surface area contributed by atoms with Crippen LogP contribution in [0.3, 0.4) is 0 Å². The van der Waals surface area contributed by atoms with E-state index in [9.17, 15) is 24.6 Å². The molecule has 0 fully saturated rings. The molecule has 11 heteroatoms. The Kier molecular flexibility index (Phi) is 8.76. The van der Waals surface area contributed by atoms with Crippen molar-refractivity contribution in [1.82, 2.24) is 20.6 Å². The summed E-state index contributed by atoms with van der Waals surface area (Å²) < 4.78 is 0. The van der Waals surface area contributed by atoms with Gasteiger partial charge in [-0.3, -0.25) is 14.4 Å². The van der Waals surface area contributed by atoms with Gasteiger partial charge in [-0.25, -0.2) is 4.98 Å². The van der Waals surface area contributed by atoms with E-state index in [1.807, 2.05) is 0 Å². The van der Waals surface area contributed by atoms with E-state index in [0.29, 0.717) is 11.4 Å². The van der Waals surface area contributed by atoms with Gasteiger partial charge >= 0.3 is 0 Å². The minimum absolute atomic E-state index is 0.0281. The summed E-state index contributed by atoms with van der Waals surface area (Å²) in [5, 5.41) is 24.0. The summed E-state index contributed by atoms with van der Waals surface area (Å²) in [5.74, 6) is -0.593. The number of nitrogens with two attached hydrogens (primary N) is 2. The van der Waals surface area contributed by atoms with E-state index < -0.39 is 29.5 Å². The van der Waals surface area contributed by atoms with Crippen molar-refractivity contribution >= 4 is 11.8 Å². The zero-order chi connectivity index (χ0) is 26.2. The van der Waals surface area contributed by atoms with E-state index in [1.54, 1.807) is 31.2 Å². The molecule has 0 saturated carbocycles. The van der Waals surface area contributed by atoms with Gasteiger partial charge in [0.1, 0.15) is 17.2 Å². The van der Waals surface area contributed by atoms with E-state index in [-0.39, 0.29) is 43.1 Å². The largest absolute Gasteiger partial charge is 0.508 e. The van der Waals surface area contributed by atoms with E-state index >= 15 is 0 Å². The molecule has 0 aliphatic rings. The SMILES string of the molecule is Cc1nc(CNC(=O)[C@@H](N)Cc2ccc(O)cc2)c(=O)[nH]c1CNC(=O)[C@@H](N)Cc1ccc(O)cc1. The maximum absolute atomic E-state index is 12.5. The summed E-state index contributed by atoms with van der Waals surface area (Å²) in [4.78, 5) is 44.1. The van der Waals surface area contributed by atoms with Gasteiger partial charge in [-0.1, -0.05) is 24.3 Å². The van der Waals surface area contributed by atoms with Crippen LogP contribution in [0.1, 0.15) is 28.2 Å². The molecule has 1 heterocycles. The van der Waals surface area contributed by atoms with Crippen molar-refractivity contribution in [3.05, 3.63) is 87.1 Å². The molecular formula is C25H30N6O5. The minimum atomic E-state index is -0.838. The fraction of sp³-hybridized carbons (Fsp3) is 0.280. The number of hydrogen-bond donors (Lipinski definition) is 7. The number of aromatic hydroxyl groups is 2. The predicted molar refractivity (Wildman–Crippen MR) is 133 cm³/mol. The second kappa shape index (κ2) is 12.0. The van der Waals surface area contributed by atoms with Crippen molar-refractivity contribution in [2.24, 2.45) is 11.5 Å². The molecule has 0 aliphatic heterocycles. The van der Waals surface area contributed by atoms with Gasteiger partial charge in [0, 0.05) is 0 Å². The third-order valence-electron chi connectivity index (χ3n) is 5.59. The molecular weight excluding hydrogens is 464 g/mol. The number of nitrogens with one attached hydrogen (secondary N) is 3. The molecule has 36 heavy (non-hydrogen) atoms. The Morgan fingerprint density at radius 2 is 1.31 bits per heavy atom. The quantitative estimate of drug-likeness (QED) is 0.202. The van der Waals surface area contributed by atoms with Crippen LogP contribution in [0.4, 0.5) is 0 Å². The normalized spacial score (nSPS) is 12.5. The molecule has 0 aliphatic carbocycles. The number of aromatic nitrogens is 2. The summed E-state index contributed by atoms with van der Waals surface area (Å²) >= 11 is 0. The molecule has 2 amide bonds. The molecule has 0 unspecified atom stereocenters. The lowest BCUT2D eigenvalue weighted by Gasteiger charge is -2.14. The third kappa shape index (κ3) is 7.39. The number of amides is 2. The fourth-order valence-electron chi connectivity index (χ4n) is 3.48. The standard InChI is InChI=1S/C25H30N6O5/c1-14-21(12-28-23(34)19(26)10-15-2-6-17(32)7-3-15)31-25(36)22(30-14)13-29-24(35)20(27)11-16-4-8-18(33)9-5-16/h2-9,19-20,32-33H,10-13,26-27H2,1H3,(H,28,34)(H,29,35)(H,31,36)/t19-,20-/m0/s1. The summed E-state index contributed by atoms with van der Waals surface area (Å²) in [6, 6.07) is 11.1. The molecule has 190 valence electrons. The van der Waals surface area contributed by atoms with Crippen molar-refractivity contribution in [2.45, 2.75) is 44.9 Å². The van der Waals surface area contributed by atoms with Crippen molar-refractivity contribution in [3.63, 3.8) is 0 Å². The van der Waals surface area contributed by atoms with Crippen LogP contribution < -0.4 is 27.7 Å². The van der Waals surface area contributed by atoms with Gasteiger partial charge in [-0.2, -0.15) is 0 Å². The topological polar surface area (TPSA) is 196 Å². The van der Waals surface area contributed by atoms with Crippen molar-refractivity contribution in [3.8, 4) is 11.5 Å². The van der Waals surface area contributed by atoms with Crippen molar-refractivity contribution < 1.29 is 19.8 Å². The van der Waals surface area contributed by atoms with E-state index in [2.05, 4.69) is 20.6 Å². The highest BCUT2D eigenvalue weighted by atomic mass is 16.3. The van der Waals surface area contributed by atoms with Gasteiger partial charge in [0.15, 0.2) is 0 Å². The number of nitrogens with zero attached hydrogens (tertiary/aromatic N) is 1. The highest BCUT2D eigenvalue weighted by Crippen LogP contribution is 2.12. The molecule has 9 N–H and O–H groups in total. The molecule has 0 spiro atoms. The first-order valence-electron chi connectivity index (χ1n) is 11.3. The van der Waals surface area contributed by atoms with Crippen LogP contribution in [0.15, 0.2) is 53.3 Å². The van der Waals surface area contributed by atoms with Crippen LogP contribution >= 0.6 is 0 Å². The number of H-pyrrole nitrogens is 1. The number of aromatic amines is 1. The second-order valence-electron chi connectivity index (χ2n) is 8.47. The van der Waals surface area contributed by atoms with E-state index in [0.717, 1.165) is 11.1 Å². The van der Waals surface area contributed by atoms with Gasteiger partial charge in [-0.05, 0) is 55.2 Å². The van der Waals surface area contributed by atoms with Crippen LogP contribution in [0.5, 0.6) is 11.5 Å². The third-order valence-corrected chi connectivity index (χ3v) is 5.59. The molecule has 0 saturated heterocycles. The number of aryl methyl sites for hydroxylation is 1. The average Bonchev–Trinajstić information content (AvgIpc) is 2.85. The molecule has 1 aromatic heterocycles. The van der Waals surface area contributed by atoms with Gasteiger partial charge in [0.25, 0.3) is 5.56 Å². The predicted octanol–water partition coefficient (Wildman–Crippen LogP) is -0.138. The molecule has 3 aromatic rings. The zero-order valence-electron chi connectivity index (χ0n) is 19.8. The zero-order valence-corrected chi connectivity index (χ0v) is 19.8. The van der Waals surface area contributed by atoms with Gasteiger partial charge in [-0.15, -0.1) is 0 Å². The Labute approximate surface area is 207 Å². The van der Waals surface area contributed by atoms with E-state index in [4.69, 9.17) is 11.5 Å². The monoisotopic (exact) mass is 494 g/mol. The Hall–Kier alpha value is -4.22. The average molecular weight is 495 g/mol. The lowest BCUT2D eigenvalue weighted by Crippen LogP contribution is -2.43. The summed E-state index contributed by atoms with van der Waals surface area (Å²) in [6.07, 6.45) is 0.551. The van der Waals surface area contributed by atoms with Crippen LogP contribution in [0.25, 0.3) is 0 Å². The van der Waals surface area contributed by atoms with Crippen molar-refractivity contribution in [1.29, 1.82) is 0 Å². The number of benzene rings is 2. The number of hydrogen-bond acceptors (Lipinski definition) is 8. The van der Waals surface area contributed by atoms with Crippen LogP contribution in [0.2, 0.25) is 0 Å². The fourth-order valence-corrected chi connectivity index (χ4v) is 3.48. The Morgan fingerprint density at radius 3 is 1.78 bits per heavy atom. The molecule has 0 radical (unpaired) electrons. The number of carbonyl (C=O) groups is 2. The maximum Gasteiger partial charge on any atom is 0.271 e. The molecule has 11 nitrogen and oxygen atoms in total. The number of carbonyl (C=O) groups excluding carboxylic acids is 2. The van der Waals surface area contributed by atoms with Crippen LogP contribution in [-0.2, 0) is 35.5 Å². The summed E-state index contributed by atoms with van der Waals surface area (Å²) in [5.41, 5.74) is 14.0. The molecule has 3 rings (SSSR count). The highest BCUT2D eigenvalue weighted by Gasteiger charge is 2.17. The van der Waals surface area contributed by atoms with Gasteiger partial charge < -0.3 is 37.3 Å². The molecule has 0 bridgehead atoms. The van der Waals surface area contributed by atoms with Crippen LogP contribution in [0, 0.1) is 6.92 Å².